The minimum absolute atomic E-state index is 0.191. The Morgan fingerprint density at radius 2 is 1.81 bits per heavy atom. The summed E-state index contributed by atoms with van der Waals surface area (Å²) in [6, 6.07) is 13.9. The van der Waals surface area contributed by atoms with Gasteiger partial charge < -0.3 is 19.9 Å². The third-order valence-corrected chi connectivity index (χ3v) is 3.68. The largest absolute Gasteiger partial charge is 0.477 e. The lowest BCUT2D eigenvalue weighted by molar-refractivity contribution is -0.133. The molecule has 2 aromatic rings. The van der Waals surface area contributed by atoms with E-state index in [1.165, 1.54) is 6.08 Å². The molecule has 0 unspecified atom stereocenters. The van der Waals surface area contributed by atoms with Gasteiger partial charge in [0.25, 0.3) is 5.91 Å². The van der Waals surface area contributed by atoms with Crippen LogP contribution in [0.15, 0.2) is 65.9 Å². The zero-order valence-electron chi connectivity index (χ0n) is 14.1. The van der Waals surface area contributed by atoms with Gasteiger partial charge in [0.1, 0.15) is 5.70 Å². The van der Waals surface area contributed by atoms with Gasteiger partial charge in [0, 0.05) is 5.56 Å². The molecule has 0 saturated carbocycles. The lowest BCUT2D eigenvalue weighted by Crippen LogP contribution is -2.27. The first-order valence-electron chi connectivity index (χ1n) is 7.92. The Morgan fingerprint density at radius 1 is 1.08 bits per heavy atom. The van der Waals surface area contributed by atoms with Crippen molar-refractivity contribution < 1.29 is 24.2 Å². The molecule has 0 fully saturated rings. The number of aliphatic carboxylic acids is 1. The Hall–Kier alpha value is -3.54. The molecule has 2 aromatic carbocycles. The van der Waals surface area contributed by atoms with Crippen LogP contribution in [0.5, 0.6) is 11.5 Å². The molecule has 0 spiro atoms. The molecule has 1 aliphatic heterocycles. The summed E-state index contributed by atoms with van der Waals surface area (Å²) in [6.07, 6.45) is 3.20. The van der Waals surface area contributed by atoms with Crippen molar-refractivity contribution in [2.45, 2.75) is 6.92 Å². The summed E-state index contributed by atoms with van der Waals surface area (Å²) in [6.45, 7) is 1.94. The van der Waals surface area contributed by atoms with Gasteiger partial charge in [-0.15, -0.1) is 0 Å². The number of ether oxygens (including phenoxy) is 2. The van der Waals surface area contributed by atoms with E-state index in [9.17, 15) is 14.7 Å². The fourth-order valence-corrected chi connectivity index (χ4v) is 2.47. The van der Waals surface area contributed by atoms with Crippen molar-refractivity contribution >= 4 is 18.0 Å². The minimum atomic E-state index is -1.22. The maximum atomic E-state index is 12.2. The van der Waals surface area contributed by atoms with Gasteiger partial charge in [0.15, 0.2) is 11.5 Å². The molecule has 132 valence electrons. The van der Waals surface area contributed by atoms with Crippen LogP contribution in [0, 0.1) is 0 Å². The van der Waals surface area contributed by atoms with E-state index in [4.69, 9.17) is 9.47 Å². The highest BCUT2D eigenvalue weighted by Crippen LogP contribution is 2.33. The lowest BCUT2D eigenvalue weighted by atomic mass is 10.1. The molecule has 0 saturated heterocycles. The number of rotatable bonds is 5. The number of fused-ring (bicyclic) bond motifs is 1. The molecule has 1 amide bonds. The van der Waals surface area contributed by atoms with Gasteiger partial charge in [-0.3, -0.25) is 4.79 Å². The van der Waals surface area contributed by atoms with E-state index in [2.05, 4.69) is 5.32 Å². The van der Waals surface area contributed by atoms with Gasteiger partial charge in [-0.25, -0.2) is 4.79 Å². The molecule has 0 aliphatic carbocycles. The van der Waals surface area contributed by atoms with Crippen LogP contribution >= 0.6 is 0 Å². The number of nitrogens with one attached hydrogen (secondary N) is 1. The van der Waals surface area contributed by atoms with Crippen molar-refractivity contribution in [2.24, 2.45) is 0 Å². The molecular weight excluding hydrogens is 334 g/mol. The van der Waals surface area contributed by atoms with Gasteiger partial charge in [-0.1, -0.05) is 30.3 Å². The number of hydrogen-bond donors (Lipinski definition) is 2. The lowest BCUT2D eigenvalue weighted by Gasteiger charge is -2.06. The van der Waals surface area contributed by atoms with Gasteiger partial charge in [-0.05, 0) is 48.4 Å². The number of allylic oxidation sites excluding steroid dienone is 2. The molecule has 0 radical (unpaired) electrons. The number of carboxylic acids is 1. The highest BCUT2D eigenvalue weighted by atomic mass is 16.7. The maximum Gasteiger partial charge on any atom is 0.352 e. The molecule has 1 heterocycles. The van der Waals surface area contributed by atoms with Crippen LogP contribution in [0.2, 0.25) is 0 Å². The van der Waals surface area contributed by atoms with Crippen LogP contribution in [0.1, 0.15) is 22.8 Å². The van der Waals surface area contributed by atoms with E-state index in [-0.39, 0.29) is 12.5 Å². The van der Waals surface area contributed by atoms with Crippen LogP contribution in [-0.4, -0.2) is 23.8 Å². The number of carboxylic acid groups (broad SMARTS) is 1. The Morgan fingerprint density at radius 3 is 2.54 bits per heavy atom. The molecule has 6 nitrogen and oxygen atoms in total. The standard InChI is InChI=1S/C20H17NO5/c1-13(9-14-7-8-17-18(11-14)26-12-25-17)10-16(20(23)24)21-19(22)15-5-3-2-4-6-15/h2-11H,12H2,1H3,(H,21,22)(H,23,24). The maximum absolute atomic E-state index is 12.2. The van der Waals surface area contributed by atoms with Crippen LogP contribution in [0.3, 0.4) is 0 Å². The van der Waals surface area contributed by atoms with Crippen molar-refractivity contribution in [2.75, 3.05) is 6.79 Å². The summed E-state index contributed by atoms with van der Waals surface area (Å²) in [5.41, 5.74) is 1.68. The third-order valence-electron chi connectivity index (χ3n) is 3.68. The van der Waals surface area contributed by atoms with Gasteiger partial charge in [-0.2, -0.15) is 0 Å². The molecule has 2 N–H and O–H groups in total. The SMILES string of the molecule is CC(=Cc1ccc2c(c1)OCO2)C=C(NC(=O)c1ccccc1)C(=O)O. The first-order chi connectivity index (χ1) is 12.5. The summed E-state index contributed by atoms with van der Waals surface area (Å²) in [7, 11) is 0. The van der Waals surface area contributed by atoms with Crippen molar-refractivity contribution in [3.63, 3.8) is 0 Å². The number of benzene rings is 2. The number of carbonyl (C=O) groups excluding carboxylic acids is 1. The normalized spacial score (nSPS) is 13.4. The Balaban J connectivity index is 1.79. The molecule has 26 heavy (non-hydrogen) atoms. The highest BCUT2D eigenvalue weighted by molar-refractivity contribution is 6.00. The number of carbonyl (C=O) groups is 2. The second kappa shape index (κ2) is 7.57. The molecule has 0 aromatic heterocycles. The fourth-order valence-electron chi connectivity index (χ4n) is 2.47. The first kappa shape index (κ1) is 17.3. The molecule has 3 rings (SSSR count). The first-order valence-corrected chi connectivity index (χ1v) is 7.92. The fraction of sp³-hybridized carbons (Fsp3) is 0.100. The Labute approximate surface area is 150 Å². The predicted molar refractivity (Wildman–Crippen MR) is 95.8 cm³/mol. The topological polar surface area (TPSA) is 84.9 Å². The van der Waals surface area contributed by atoms with E-state index in [1.807, 2.05) is 12.1 Å². The van der Waals surface area contributed by atoms with Crippen LogP contribution in [0.25, 0.3) is 6.08 Å². The molecule has 0 bridgehead atoms. The predicted octanol–water partition coefficient (Wildman–Crippen LogP) is 3.22. The second-order valence-electron chi connectivity index (χ2n) is 5.68. The van der Waals surface area contributed by atoms with E-state index in [1.54, 1.807) is 49.4 Å². The van der Waals surface area contributed by atoms with E-state index in [0.717, 1.165) is 5.56 Å². The highest BCUT2D eigenvalue weighted by Gasteiger charge is 2.14. The molecule has 0 atom stereocenters. The van der Waals surface area contributed by atoms with Crippen LogP contribution in [0.4, 0.5) is 0 Å². The van der Waals surface area contributed by atoms with Crippen LogP contribution in [-0.2, 0) is 4.79 Å². The molecule has 1 aliphatic rings. The third kappa shape index (κ3) is 4.10. The van der Waals surface area contributed by atoms with Gasteiger partial charge in [0.05, 0.1) is 0 Å². The van der Waals surface area contributed by atoms with E-state index in [0.29, 0.717) is 22.6 Å². The summed E-state index contributed by atoms with van der Waals surface area (Å²) in [4.78, 5) is 23.6. The zero-order chi connectivity index (χ0) is 18.5. The number of amides is 1. The Kier molecular flexibility index (Phi) is 5.03. The smallest absolute Gasteiger partial charge is 0.352 e. The van der Waals surface area contributed by atoms with Crippen LogP contribution < -0.4 is 14.8 Å². The number of hydrogen-bond acceptors (Lipinski definition) is 4. The average Bonchev–Trinajstić information content (AvgIpc) is 3.09. The van der Waals surface area contributed by atoms with E-state index >= 15 is 0 Å². The van der Waals surface area contributed by atoms with E-state index < -0.39 is 11.9 Å². The quantitative estimate of drug-likeness (QED) is 0.638. The zero-order valence-corrected chi connectivity index (χ0v) is 14.1. The second-order valence-corrected chi connectivity index (χ2v) is 5.68. The van der Waals surface area contributed by atoms with Crippen molar-refractivity contribution in [1.82, 2.24) is 5.32 Å². The average molecular weight is 351 g/mol. The summed E-state index contributed by atoms with van der Waals surface area (Å²) in [5.74, 6) is -0.370. The molecule has 6 heteroatoms. The van der Waals surface area contributed by atoms with Gasteiger partial charge in [0.2, 0.25) is 6.79 Å². The summed E-state index contributed by atoms with van der Waals surface area (Å²) in [5, 5.41) is 11.8. The van der Waals surface area contributed by atoms with Crippen molar-refractivity contribution in [1.29, 1.82) is 0 Å². The summed E-state index contributed by atoms with van der Waals surface area (Å²) < 4.78 is 10.6. The molecular formula is C20H17NO5. The summed E-state index contributed by atoms with van der Waals surface area (Å²) >= 11 is 0. The van der Waals surface area contributed by atoms with Crippen molar-refractivity contribution in [3.05, 3.63) is 77.0 Å². The Bertz CT molecular complexity index is 900. The minimum Gasteiger partial charge on any atom is -0.477 e. The monoisotopic (exact) mass is 351 g/mol. The van der Waals surface area contributed by atoms with Crippen molar-refractivity contribution in [3.8, 4) is 11.5 Å². The van der Waals surface area contributed by atoms with Gasteiger partial charge >= 0.3 is 5.97 Å².